The van der Waals surface area contributed by atoms with Gasteiger partial charge in [-0.05, 0) is 60.2 Å². The molecule has 0 unspecified atom stereocenters. The molecule has 1 aliphatic heterocycles. The second-order valence-electron chi connectivity index (χ2n) is 6.34. The Morgan fingerprint density at radius 2 is 1.87 bits per heavy atom. The van der Waals surface area contributed by atoms with Crippen molar-refractivity contribution in [3.63, 3.8) is 0 Å². The molecule has 0 bridgehead atoms. The van der Waals surface area contributed by atoms with Crippen LogP contribution in [-0.2, 0) is 0 Å². The zero-order valence-corrected chi connectivity index (χ0v) is 14.9. The van der Waals surface area contributed by atoms with Gasteiger partial charge in [0.2, 0.25) is 0 Å². The van der Waals surface area contributed by atoms with Crippen molar-refractivity contribution in [2.45, 2.75) is 25.3 Å². The molecule has 1 nitrogen and oxygen atoms in total. The van der Waals surface area contributed by atoms with E-state index in [-0.39, 0.29) is 6.04 Å². The molecular formula is C19H16Cl3N. The Balaban J connectivity index is 1.82. The number of allylic oxidation sites excluding steroid dienone is 2. The van der Waals surface area contributed by atoms with E-state index < -0.39 is 0 Å². The predicted octanol–water partition coefficient (Wildman–Crippen LogP) is 6.78. The molecule has 1 aliphatic carbocycles. The van der Waals surface area contributed by atoms with Crippen LogP contribution in [0.15, 0.2) is 42.5 Å². The highest BCUT2D eigenvalue weighted by Gasteiger charge is 2.38. The van der Waals surface area contributed by atoms with Gasteiger partial charge < -0.3 is 5.32 Å². The number of fused-ring (bicyclic) bond motifs is 3. The molecule has 0 spiro atoms. The molecule has 2 aromatic carbocycles. The van der Waals surface area contributed by atoms with Crippen LogP contribution in [0.2, 0.25) is 15.1 Å². The van der Waals surface area contributed by atoms with Gasteiger partial charge in [0.05, 0.1) is 16.1 Å². The van der Waals surface area contributed by atoms with Crippen LogP contribution in [0.5, 0.6) is 0 Å². The molecule has 1 N–H and O–H groups in total. The molecule has 2 aliphatic rings. The molecule has 4 heteroatoms. The van der Waals surface area contributed by atoms with Gasteiger partial charge in [0.25, 0.3) is 0 Å². The zero-order chi connectivity index (χ0) is 16.1. The smallest absolute Gasteiger partial charge is 0.0595 e. The second-order valence-corrected chi connectivity index (χ2v) is 7.59. The van der Waals surface area contributed by atoms with Crippen molar-refractivity contribution in [2.24, 2.45) is 5.92 Å². The SMILES string of the molecule is Cc1cc(Cl)cc2c1N[C@H](c1ccc(Cl)c(Cl)c1)[C@@H]1CC=C[C@H]21. The predicted molar refractivity (Wildman–Crippen MR) is 99.0 cm³/mol. The Morgan fingerprint density at radius 1 is 1.04 bits per heavy atom. The van der Waals surface area contributed by atoms with Gasteiger partial charge in [-0.25, -0.2) is 0 Å². The highest BCUT2D eigenvalue weighted by molar-refractivity contribution is 6.42. The normalized spacial score (nSPS) is 25.0. The van der Waals surface area contributed by atoms with Crippen LogP contribution in [0.25, 0.3) is 0 Å². The van der Waals surface area contributed by atoms with Crippen LogP contribution in [0.4, 0.5) is 5.69 Å². The molecule has 0 fully saturated rings. The van der Waals surface area contributed by atoms with Gasteiger partial charge >= 0.3 is 0 Å². The third-order valence-corrected chi connectivity index (χ3v) is 5.89. The van der Waals surface area contributed by atoms with Crippen molar-refractivity contribution in [3.05, 3.63) is 74.2 Å². The van der Waals surface area contributed by atoms with E-state index in [9.17, 15) is 0 Å². The van der Waals surface area contributed by atoms with Gasteiger partial charge in [0, 0.05) is 16.6 Å². The highest BCUT2D eigenvalue weighted by Crippen LogP contribution is 2.51. The van der Waals surface area contributed by atoms with Crippen molar-refractivity contribution in [1.82, 2.24) is 0 Å². The maximum absolute atomic E-state index is 6.28. The molecule has 2 aromatic rings. The largest absolute Gasteiger partial charge is 0.377 e. The van der Waals surface area contributed by atoms with Crippen molar-refractivity contribution in [2.75, 3.05) is 5.32 Å². The summed E-state index contributed by atoms with van der Waals surface area (Å²) in [5.74, 6) is 0.862. The van der Waals surface area contributed by atoms with E-state index in [1.54, 1.807) is 0 Å². The molecule has 0 saturated heterocycles. The number of hydrogen-bond donors (Lipinski definition) is 1. The Hall–Kier alpha value is -1.15. The first-order valence-electron chi connectivity index (χ1n) is 7.73. The summed E-state index contributed by atoms with van der Waals surface area (Å²) in [4.78, 5) is 0. The third-order valence-electron chi connectivity index (χ3n) is 4.93. The minimum atomic E-state index is 0.220. The summed E-state index contributed by atoms with van der Waals surface area (Å²) in [6.45, 7) is 2.10. The molecule has 0 aromatic heterocycles. The minimum Gasteiger partial charge on any atom is -0.377 e. The van der Waals surface area contributed by atoms with Crippen LogP contribution in [-0.4, -0.2) is 0 Å². The topological polar surface area (TPSA) is 12.0 Å². The van der Waals surface area contributed by atoms with Crippen molar-refractivity contribution < 1.29 is 0 Å². The lowest BCUT2D eigenvalue weighted by Gasteiger charge is -2.38. The zero-order valence-electron chi connectivity index (χ0n) is 12.6. The van der Waals surface area contributed by atoms with Crippen molar-refractivity contribution in [1.29, 1.82) is 0 Å². The molecule has 0 radical (unpaired) electrons. The van der Waals surface area contributed by atoms with E-state index in [1.807, 2.05) is 18.2 Å². The molecule has 3 atom stereocenters. The number of halogens is 3. The van der Waals surface area contributed by atoms with Gasteiger partial charge in [-0.2, -0.15) is 0 Å². The van der Waals surface area contributed by atoms with Crippen LogP contribution < -0.4 is 5.32 Å². The van der Waals surface area contributed by atoms with Crippen LogP contribution >= 0.6 is 34.8 Å². The lowest BCUT2D eigenvalue weighted by molar-refractivity contribution is 0.425. The summed E-state index contributed by atoms with van der Waals surface area (Å²) >= 11 is 18.6. The Labute approximate surface area is 151 Å². The number of benzene rings is 2. The summed E-state index contributed by atoms with van der Waals surface area (Å²) in [6.07, 6.45) is 5.63. The van der Waals surface area contributed by atoms with Gasteiger partial charge in [-0.15, -0.1) is 0 Å². The molecule has 4 rings (SSSR count). The summed E-state index contributed by atoms with van der Waals surface area (Å²) in [5, 5.41) is 5.72. The fourth-order valence-electron chi connectivity index (χ4n) is 3.88. The average molecular weight is 365 g/mol. The molecule has 23 heavy (non-hydrogen) atoms. The highest BCUT2D eigenvalue weighted by atomic mass is 35.5. The number of anilines is 1. The fraction of sp³-hybridized carbons (Fsp3) is 0.263. The Kier molecular flexibility index (Phi) is 3.84. The molecule has 1 heterocycles. The van der Waals surface area contributed by atoms with E-state index in [4.69, 9.17) is 34.8 Å². The van der Waals surface area contributed by atoms with Gasteiger partial charge in [0.1, 0.15) is 0 Å². The lowest BCUT2D eigenvalue weighted by Crippen LogP contribution is -2.29. The first-order chi connectivity index (χ1) is 11.0. The van der Waals surface area contributed by atoms with Crippen LogP contribution in [0.3, 0.4) is 0 Å². The first kappa shape index (κ1) is 15.4. The number of nitrogens with one attached hydrogen (secondary N) is 1. The van der Waals surface area contributed by atoms with Crippen molar-refractivity contribution in [3.8, 4) is 0 Å². The van der Waals surface area contributed by atoms with Gasteiger partial charge in [-0.3, -0.25) is 0 Å². The number of rotatable bonds is 1. The average Bonchev–Trinajstić information content (AvgIpc) is 2.99. The number of aryl methyl sites for hydroxylation is 1. The van der Waals surface area contributed by atoms with E-state index in [2.05, 4.69) is 36.5 Å². The van der Waals surface area contributed by atoms with Gasteiger partial charge in [-0.1, -0.05) is 53.0 Å². The summed E-state index contributed by atoms with van der Waals surface area (Å²) in [5.41, 5.74) is 4.85. The maximum Gasteiger partial charge on any atom is 0.0595 e. The van der Waals surface area contributed by atoms with Crippen LogP contribution in [0, 0.1) is 12.8 Å². The first-order valence-corrected chi connectivity index (χ1v) is 8.86. The van der Waals surface area contributed by atoms with E-state index in [1.165, 1.54) is 22.4 Å². The van der Waals surface area contributed by atoms with E-state index >= 15 is 0 Å². The Bertz CT molecular complexity index is 813. The molecular weight excluding hydrogens is 349 g/mol. The second kappa shape index (κ2) is 5.73. The maximum atomic E-state index is 6.28. The van der Waals surface area contributed by atoms with Crippen molar-refractivity contribution >= 4 is 40.5 Å². The summed E-state index contributed by atoms with van der Waals surface area (Å²) < 4.78 is 0. The standard InChI is InChI=1S/C19H16Cl3N/c1-10-7-12(20)9-15-13-3-2-4-14(13)19(23-18(10)15)11-5-6-16(21)17(22)8-11/h2-3,5-9,13-14,19,23H,4H2,1H3/t13-,14+,19+/m0/s1. The fourth-order valence-corrected chi connectivity index (χ4v) is 4.47. The van der Waals surface area contributed by atoms with Crippen LogP contribution in [0.1, 0.15) is 35.1 Å². The Morgan fingerprint density at radius 3 is 2.65 bits per heavy atom. The van der Waals surface area contributed by atoms with Gasteiger partial charge in [0.15, 0.2) is 0 Å². The molecule has 0 saturated carbocycles. The monoisotopic (exact) mass is 363 g/mol. The molecule has 0 amide bonds. The van der Waals surface area contributed by atoms with E-state index in [0.717, 1.165) is 11.4 Å². The quantitative estimate of drug-likeness (QED) is 0.550. The lowest BCUT2D eigenvalue weighted by atomic mass is 9.76. The summed E-state index contributed by atoms with van der Waals surface area (Å²) in [7, 11) is 0. The van der Waals surface area contributed by atoms with E-state index in [0.29, 0.717) is 21.9 Å². The number of hydrogen-bond acceptors (Lipinski definition) is 1. The third kappa shape index (κ3) is 2.55. The minimum absolute atomic E-state index is 0.220. The summed E-state index contributed by atoms with van der Waals surface area (Å²) in [6, 6.07) is 10.2. The molecule has 118 valence electrons.